The highest BCUT2D eigenvalue weighted by Crippen LogP contribution is 2.13. The Hall–Kier alpha value is -3.60. The SMILES string of the molecule is COc1ccc(CCNC(=O)c2cccc(C(=O)Nc3cccc(C)c3)c2)cc1. The van der Waals surface area contributed by atoms with Gasteiger partial charge in [-0.3, -0.25) is 9.59 Å². The summed E-state index contributed by atoms with van der Waals surface area (Å²) in [7, 11) is 1.63. The first-order valence-electron chi connectivity index (χ1n) is 9.44. The fourth-order valence-electron chi connectivity index (χ4n) is 2.94. The summed E-state index contributed by atoms with van der Waals surface area (Å²) in [4.78, 5) is 24.9. The van der Waals surface area contributed by atoms with Gasteiger partial charge in [-0.05, 0) is 66.9 Å². The molecule has 0 bridgehead atoms. The summed E-state index contributed by atoms with van der Waals surface area (Å²) in [5.41, 5.74) is 3.79. The third kappa shape index (κ3) is 5.69. The van der Waals surface area contributed by atoms with Crippen LogP contribution in [0.5, 0.6) is 5.75 Å². The van der Waals surface area contributed by atoms with Crippen LogP contribution in [0.2, 0.25) is 0 Å². The van der Waals surface area contributed by atoms with E-state index < -0.39 is 0 Å². The van der Waals surface area contributed by atoms with Crippen LogP contribution in [0.15, 0.2) is 72.8 Å². The van der Waals surface area contributed by atoms with E-state index in [-0.39, 0.29) is 11.8 Å². The number of methoxy groups -OCH3 is 1. The number of benzene rings is 3. The van der Waals surface area contributed by atoms with Crippen molar-refractivity contribution in [1.29, 1.82) is 0 Å². The highest BCUT2D eigenvalue weighted by molar-refractivity contribution is 6.06. The highest BCUT2D eigenvalue weighted by Gasteiger charge is 2.11. The quantitative estimate of drug-likeness (QED) is 0.637. The van der Waals surface area contributed by atoms with Gasteiger partial charge in [-0.25, -0.2) is 0 Å². The average molecular weight is 388 g/mol. The lowest BCUT2D eigenvalue weighted by molar-refractivity contribution is 0.0954. The molecule has 0 saturated heterocycles. The van der Waals surface area contributed by atoms with Crippen LogP contribution in [0.3, 0.4) is 0 Å². The van der Waals surface area contributed by atoms with Crippen LogP contribution in [0.25, 0.3) is 0 Å². The van der Waals surface area contributed by atoms with Gasteiger partial charge >= 0.3 is 0 Å². The molecule has 0 heterocycles. The molecule has 2 N–H and O–H groups in total. The van der Waals surface area contributed by atoms with Crippen LogP contribution in [-0.4, -0.2) is 25.5 Å². The monoisotopic (exact) mass is 388 g/mol. The standard InChI is InChI=1S/C24H24N2O3/c1-17-5-3-8-21(15-17)26-24(28)20-7-4-6-19(16-20)23(27)25-14-13-18-9-11-22(29-2)12-10-18/h3-12,15-16H,13-14H2,1-2H3,(H,25,27)(H,26,28). The maximum Gasteiger partial charge on any atom is 0.255 e. The Morgan fingerprint density at radius 2 is 1.55 bits per heavy atom. The van der Waals surface area contributed by atoms with E-state index >= 15 is 0 Å². The van der Waals surface area contributed by atoms with Gasteiger partial charge in [-0.2, -0.15) is 0 Å². The number of hydrogen-bond acceptors (Lipinski definition) is 3. The molecule has 0 aromatic heterocycles. The molecule has 3 aromatic carbocycles. The smallest absolute Gasteiger partial charge is 0.255 e. The first kappa shape index (κ1) is 20.1. The predicted octanol–water partition coefficient (Wildman–Crippen LogP) is 4.23. The average Bonchev–Trinajstić information content (AvgIpc) is 2.74. The number of ether oxygens (including phenoxy) is 1. The number of carbonyl (C=O) groups excluding carboxylic acids is 2. The molecule has 0 atom stereocenters. The van der Waals surface area contributed by atoms with Crippen LogP contribution in [0.4, 0.5) is 5.69 Å². The van der Waals surface area contributed by atoms with Crippen molar-refractivity contribution in [3.8, 4) is 5.75 Å². The van der Waals surface area contributed by atoms with Crippen molar-refractivity contribution in [2.24, 2.45) is 0 Å². The summed E-state index contributed by atoms with van der Waals surface area (Å²) in [6.07, 6.45) is 0.712. The molecule has 3 rings (SSSR count). The minimum atomic E-state index is -0.247. The van der Waals surface area contributed by atoms with Crippen LogP contribution in [0.1, 0.15) is 31.8 Å². The molecule has 148 valence electrons. The molecule has 3 aromatic rings. The lowest BCUT2D eigenvalue weighted by Gasteiger charge is -2.09. The van der Waals surface area contributed by atoms with Gasteiger partial charge in [0.1, 0.15) is 5.75 Å². The molecule has 0 spiro atoms. The topological polar surface area (TPSA) is 67.4 Å². The second-order valence-corrected chi connectivity index (χ2v) is 6.76. The number of aryl methyl sites for hydroxylation is 1. The van der Waals surface area contributed by atoms with E-state index in [0.29, 0.717) is 24.1 Å². The van der Waals surface area contributed by atoms with Crippen LogP contribution in [-0.2, 0) is 6.42 Å². The minimum Gasteiger partial charge on any atom is -0.497 e. The lowest BCUT2D eigenvalue weighted by Crippen LogP contribution is -2.26. The Bertz CT molecular complexity index is 997. The van der Waals surface area contributed by atoms with E-state index in [0.717, 1.165) is 22.6 Å². The number of hydrogen-bond donors (Lipinski definition) is 2. The van der Waals surface area contributed by atoms with E-state index in [4.69, 9.17) is 4.74 Å². The van der Waals surface area contributed by atoms with Crippen LogP contribution >= 0.6 is 0 Å². The van der Waals surface area contributed by atoms with Crippen LogP contribution in [0, 0.1) is 6.92 Å². The molecule has 0 aliphatic heterocycles. The fraction of sp³-hybridized carbons (Fsp3) is 0.167. The molecular formula is C24H24N2O3. The molecule has 0 radical (unpaired) electrons. The Morgan fingerprint density at radius 3 is 2.24 bits per heavy atom. The molecular weight excluding hydrogens is 364 g/mol. The number of nitrogens with one attached hydrogen (secondary N) is 2. The first-order valence-corrected chi connectivity index (χ1v) is 9.44. The fourth-order valence-corrected chi connectivity index (χ4v) is 2.94. The Kier molecular flexibility index (Phi) is 6.63. The molecule has 5 heteroatoms. The van der Waals surface area contributed by atoms with Gasteiger partial charge in [0.15, 0.2) is 0 Å². The third-order valence-electron chi connectivity index (χ3n) is 4.52. The van der Waals surface area contributed by atoms with Crippen LogP contribution < -0.4 is 15.4 Å². The predicted molar refractivity (Wildman–Crippen MR) is 115 cm³/mol. The van der Waals surface area contributed by atoms with E-state index in [2.05, 4.69) is 10.6 Å². The van der Waals surface area contributed by atoms with Crippen molar-refractivity contribution in [2.75, 3.05) is 19.0 Å². The van der Waals surface area contributed by atoms with Gasteiger partial charge in [0.05, 0.1) is 7.11 Å². The summed E-state index contributed by atoms with van der Waals surface area (Å²) < 4.78 is 5.14. The number of carbonyl (C=O) groups is 2. The second-order valence-electron chi connectivity index (χ2n) is 6.76. The van der Waals surface area contributed by atoms with Gasteiger partial charge in [-0.1, -0.05) is 30.3 Å². The number of anilines is 1. The minimum absolute atomic E-state index is 0.205. The van der Waals surface area contributed by atoms with E-state index in [1.807, 2.05) is 55.5 Å². The van der Waals surface area contributed by atoms with Gasteiger partial charge in [0.2, 0.25) is 0 Å². The summed E-state index contributed by atoms with van der Waals surface area (Å²) in [5, 5.41) is 5.76. The molecule has 0 fully saturated rings. The Labute approximate surface area is 170 Å². The summed E-state index contributed by atoms with van der Waals surface area (Å²) in [6.45, 7) is 2.47. The summed E-state index contributed by atoms with van der Waals surface area (Å²) in [6, 6.07) is 22.0. The van der Waals surface area contributed by atoms with Crippen molar-refractivity contribution >= 4 is 17.5 Å². The normalized spacial score (nSPS) is 10.3. The summed E-state index contributed by atoms with van der Waals surface area (Å²) in [5.74, 6) is 0.353. The first-order chi connectivity index (χ1) is 14.0. The second kappa shape index (κ2) is 9.55. The number of rotatable bonds is 7. The van der Waals surface area contributed by atoms with Crippen molar-refractivity contribution < 1.29 is 14.3 Å². The van der Waals surface area contributed by atoms with Gasteiger partial charge in [-0.15, -0.1) is 0 Å². The Morgan fingerprint density at radius 1 is 0.862 bits per heavy atom. The van der Waals surface area contributed by atoms with E-state index in [9.17, 15) is 9.59 Å². The zero-order valence-electron chi connectivity index (χ0n) is 16.6. The van der Waals surface area contributed by atoms with E-state index in [1.54, 1.807) is 31.4 Å². The van der Waals surface area contributed by atoms with Gasteiger partial charge in [0, 0.05) is 23.4 Å². The van der Waals surface area contributed by atoms with Gasteiger partial charge in [0.25, 0.3) is 11.8 Å². The van der Waals surface area contributed by atoms with Crippen molar-refractivity contribution in [2.45, 2.75) is 13.3 Å². The molecule has 0 aliphatic rings. The van der Waals surface area contributed by atoms with E-state index in [1.165, 1.54) is 0 Å². The molecule has 0 aliphatic carbocycles. The lowest BCUT2D eigenvalue weighted by atomic mass is 10.1. The molecule has 5 nitrogen and oxygen atoms in total. The zero-order valence-corrected chi connectivity index (χ0v) is 16.6. The molecule has 29 heavy (non-hydrogen) atoms. The maximum absolute atomic E-state index is 12.5. The van der Waals surface area contributed by atoms with Crippen molar-refractivity contribution in [3.05, 3.63) is 95.1 Å². The van der Waals surface area contributed by atoms with Gasteiger partial charge < -0.3 is 15.4 Å². The maximum atomic E-state index is 12.5. The largest absolute Gasteiger partial charge is 0.497 e. The molecule has 0 unspecified atom stereocenters. The molecule has 0 saturated carbocycles. The Balaban J connectivity index is 1.57. The number of amides is 2. The van der Waals surface area contributed by atoms with Crippen molar-refractivity contribution in [3.63, 3.8) is 0 Å². The summed E-state index contributed by atoms with van der Waals surface area (Å²) >= 11 is 0. The molecule has 2 amide bonds. The third-order valence-corrected chi connectivity index (χ3v) is 4.52. The van der Waals surface area contributed by atoms with Crippen molar-refractivity contribution in [1.82, 2.24) is 5.32 Å². The zero-order chi connectivity index (χ0) is 20.6. The highest BCUT2D eigenvalue weighted by atomic mass is 16.5.